The first kappa shape index (κ1) is 18.4. The quantitative estimate of drug-likeness (QED) is 0.463. The average molecular weight is 407 g/mol. The van der Waals surface area contributed by atoms with Crippen LogP contribution in [0.4, 0.5) is 0 Å². The van der Waals surface area contributed by atoms with Crippen molar-refractivity contribution in [2.24, 2.45) is 0 Å². The molecule has 0 saturated carbocycles. The maximum absolute atomic E-state index is 12.0. The van der Waals surface area contributed by atoms with E-state index in [0.717, 1.165) is 5.56 Å². The fourth-order valence-corrected chi connectivity index (χ4v) is 2.76. The van der Waals surface area contributed by atoms with Crippen LogP contribution in [0.15, 0.2) is 48.0 Å². The lowest BCUT2D eigenvalue weighted by atomic mass is 10.1. The zero-order valence-corrected chi connectivity index (χ0v) is 15.5. The molecule has 0 atom stereocenters. The Morgan fingerprint density at radius 3 is 2.23 bits per heavy atom. The van der Waals surface area contributed by atoms with Gasteiger partial charge in [0.25, 0.3) is 11.8 Å². The molecule has 0 radical (unpaired) electrons. The van der Waals surface area contributed by atoms with Gasteiger partial charge in [-0.1, -0.05) is 35.3 Å². The van der Waals surface area contributed by atoms with Gasteiger partial charge in [0.1, 0.15) is 17.9 Å². The van der Waals surface area contributed by atoms with Crippen LogP contribution in [0.2, 0.25) is 10.0 Å². The third-order valence-corrected chi connectivity index (χ3v) is 4.21. The molecule has 2 amide bonds. The van der Waals surface area contributed by atoms with E-state index < -0.39 is 11.8 Å². The molecule has 1 aliphatic heterocycles. The Kier molecular flexibility index (Phi) is 5.56. The number of hydrogen-bond donors (Lipinski definition) is 2. The topological polar surface area (TPSA) is 67.4 Å². The predicted molar refractivity (Wildman–Crippen MR) is 104 cm³/mol. The van der Waals surface area contributed by atoms with Crippen LogP contribution in [0.25, 0.3) is 6.08 Å². The molecule has 0 unspecified atom stereocenters. The van der Waals surface area contributed by atoms with Crippen molar-refractivity contribution in [3.63, 3.8) is 0 Å². The molecule has 5 nitrogen and oxygen atoms in total. The predicted octanol–water partition coefficient (Wildman–Crippen LogP) is 3.49. The van der Waals surface area contributed by atoms with E-state index in [4.69, 9.17) is 40.2 Å². The molecule has 0 aromatic heterocycles. The average Bonchev–Trinajstić information content (AvgIpc) is 2.58. The Bertz CT molecular complexity index is 905. The number of carbonyl (C=O) groups excluding carboxylic acids is 2. The molecule has 8 heteroatoms. The first-order valence-corrected chi connectivity index (χ1v) is 8.64. The molecule has 3 rings (SSSR count). The van der Waals surface area contributed by atoms with E-state index in [1.807, 2.05) is 12.1 Å². The second-order valence-electron chi connectivity index (χ2n) is 5.39. The Hall–Kier alpha value is -2.41. The summed E-state index contributed by atoms with van der Waals surface area (Å²) in [7, 11) is 0. The number of thiocarbonyl (C=S) groups is 1. The van der Waals surface area contributed by atoms with Crippen LogP contribution in [-0.4, -0.2) is 16.9 Å². The van der Waals surface area contributed by atoms with Crippen molar-refractivity contribution in [3.8, 4) is 5.75 Å². The van der Waals surface area contributed by atoms with Crippen LogP contribution in [0.5, 0.6) is 5.75 Å². The van der Waals surface area contributed by atoms with Gasteiger partial charge in [0.05, 0.1) is 0 Å². The highest BCUT2D eigenvalue weighted by Gasteiger charge is 2.26. The minimum Gasteiger partial charge on any atom is -0.488 e. The molecule has 132 valence electrons. The van der Waals surface area contributed by atoms with Crippen LogP contribution in [-0.2, 0) is 16.2 Å². The van der Waals surface area contributed by atoms with Gasteiger partial charge in [0.15, 0.2) is 5.11 Å². The summed E-state index contributed by atoms with van der Waals surface area (Å²) in [5.41, 5.74) is 1.33. The van der Waals surface area contributed by atoms with Crippen molar-refractivity contribution in [1.82, 2.24) is 10.6 Å². The van der Waals surface area contributed by atoms with Crippen molar-refractivity contribution in [3.05, 3.63) is 69.2 Å². The Labute approximate surface area is 164 Å². The molecule has 2 aromatic rings. The van der Waals surface area contributed by atoms with Gasteiger partial charge in [-0.15, -0.1) is 0 Å². The van der Waals surface area contributed by atoms with Crippen LogP contribution < -0.4 is 15.4 Å². The molecule has 0 bridgehead atoms. The third kappa shape index (κ3) is 4.40. The molecule has 26 heavy (non-hydrogen) atoms. The number of benzene rings is 2. The number of halogens is 2. The lowest BCUT2D eigenvalue weighted by molar-refractivity contribution is -0.123. The van der Waals surface area contributed by atoms with Gasteiger partial charge < -0.3 is 4.74 Å². The van der Waals surface area contributed by atoms with Crippen molar-refractivity contribution >= 4 is 58.4 Å². The largest absolute Gasteiger partial charge is 0.488 e. The lowest BCUT2D eigenvalue weighted by Crippen LogP contribution is -2.51. The molecule has 1 fully saturated rings. The Morgan fingerprint density at radius 1 is 0.962 bits per heavy atom. The summed E-state index contributed by atoms with van der Waals surface area (Å²) in [5.74, 6) is -0.685. The number of ether oxygens (including phenoxy) is 1. The number of rotatable bonds is 4. The maximum atomic E-state index is 12.0. The fraction of sp³-hybridized carbons (Fsp3) is 0.0556. The van der Waals surface area contributed by atoms with Gasteiger partial charge in [0, 0.05) is 15.6 Å². The first-order valence-electron chi connectivity index (χ1n) is 7.47. The molecule has 1 aliphatic rings. The fourth-order valence-electron chi connectivity index (χ4n) is 2.27. The van der Waals surface area contributed by atoms with Crippen LogP contribution >= 0.6 is 35.4 Å². The summed E-state index contributed by atoms with van der Waals surface area (Å²) >= 11 is 16.7. The van der Waals surface area contributed by atoms with Gasteiger partial charge in [-0.2, -0.15) is 0 Å². The molecular formula is C18H12Cl2N2O3S. The van der Waals surface area contributed by atoms with Gasteiger partial charge in [-0.3, -0.25) is 20.2 Å². The number of nitrogens with one attached hydrogen (secondary N) is 2. The molecule has 1 heterocycles. The van der Waals surface area contributed by atoms with E-state index in [2.05, 4.69) is 10.6 Å². The minimum atomic E-state index is -0.581. The lowest BCUT2D eigenvalue weighted by Gasteiger charge is -2.17. The molecule has 0 spiro atoms. The number of carbonyl (C=O) groups is 2. The summed E-state index contributed by atoms with van der Waals surface area (Å²) < 4.78 is 5.82. The monoisotopic (exact) mass is 406 g/mol. The number of hydrogen-bond acceptors (Lipinski definition) is 4. The van der Waals surface area contributed by atoms with Crippen LogP contribution in [0.3, 0.4) is 0 Å². The summed E-state index contributed by atoms with van der Waals surface area (Å²) in [6.07, 6.45) is 1.41. The third-order valence-electron chi connectivity index (χ3n) is 3.52. The van der Waals surface area contributed by atoms with Gasteiger partial charge in [0.2, 0.25) is 0 Å². The first-order chi connectivity index (χ1) is 12.4. The molecular weight excluding hydrogens is 395 g/mol. The summed E-state index contributed by atoms with van der Waals surface area (Å²) in [6.45, 7) is 0.289. The van der Waals surface area contributed by atoms with E-state index in [0.29, 0.717) is 21.4 Å². The Morgan fingerprint density at radius 2 is 1.58 bits per heavy atom. The van der Waals surface area contributed by atoms with Gasteiger partial charge >= 0.3 is 0 Å². The zero-order valence-electron chi connectivity index (χ0n) is 13.2. The van der Waals surface area contributed by atoms with Crippen LogP contribution in [0, 0.1) is 0 Å². The molecule has 0 aliphatic carbocycles. The molecule has 2 N–H and O–H groups in total. The van der Waals surface area contributed by atoms with E-state index in [9.17, 15) is 9.59 Å². The maximum Gasteiger partial charge on any atom is 0.263 e. The van der Waals surface area contributed by atoms with E-state index in [1.54, 1.807) is 30.3 Å². The van der Waals surface area contributed by atoms with Gasteiger partial charge in [-0.05, 0) is 54.2 Å². The van der Waals surface area contributed by atoms with Gasteiger partial charge in [-0.25, -0.2) is 0 Å². The van der Waals surface area contributed by atoms with Crippen molar-refractivity contribution < 1.29 is 14.3 Å². The summed E-state index contributed by atoms with van der Waals surface area (Å²) in [4.78, 5) is 24.0. The minimum absolute atomic E-state index is 0.0255. The second-order valence-corrected chi connectivity index (χ2v) is 6.67. The normalized spacial score (nSPS) is 13.9. The number of amides is 2. The Balaban J connectivity index is 1.87. The zero-order chi connectivity index (χ0) is 18.7. The van der Waals surface area contributed by atoms with E-state index in [-0.39, 0.29) is 17.3 Å². The second kappa shape index (κ2) is 7.86. The molecule has 1 saturated heterocycles. The van der Waals surface area contributed by atoms with Crippen LogP contribution in [0.1, 0.15) is 11.1 Å². The summed E-state index contributed by atoms with van der Waals surface area (Å²) in [6, 6.07) is 12.2. The van der Waals surface area contributed by atoms with Crippen molar-refractivity contribution in [2.45, 2.75) is 6.61 Å². The standard InChI is InChI=1S/C18H12Cl2N2O3S/c19-12-3-1-10(2-4-12)9-25-15-6-5-13(20)7-11(15)8-14-16(23)21-18(26)22-17(14)24/h1-8H,9H2,(H2,21,22,23,24,26). The highest BCUT2D eigenvalue weighted by Crippen LogP contribution is 2.27. The van der Waals surface area contributed by atoms with Crippen molar-refractivity contribution in [2.75, 3.05) is 0 Å². The van der Waals surface area contributed by atoms with Crippen molar-refractivity contribution in [1.29, 1.82) is 0 Å². The van der Waals surface area contributed by atoms with E-state index >= 15 is 0 Å². The molecule has 2 aromatic carbocycles. The van der Waals surface area contributed by atoms with E-state index in [1.165, 1.54) is 6.08 Å². The highest BCUT2D eigenvalue weighted by molar-refractivity contribution is 7.80. The highest BCUT2D eigenvalue weighted by atomic mass is 35.5. The summed E-state index contributed by atoms with van der Waals surface area (Å²) in [5, 5.41) is 5.82. The smallest absolute Gasteiger partial charge is 0.263 e. The SMILES string of the molecule is O=C1NC(=S)NC(=O)C1=Cc1cc(Cl)ccc1OCc1ccc(Cl)cc1.